The van der Waals surface area contributed by atoms with Gasteiger partial charge in [0, 0.05) is 38.3 Å². The number of benzene rings is 2. The second-order valence-corrected chi connectivity index (χ2v) is 9.53. The first-order valence-electron chi connectivity index (χ1n) is 12.1. The van der Waals surface area contributed by atoms with Crippen molar-refractivity contribution >= 4 is 11.6 Å². The van der Waals surface area contributed by atoms with Crippen molar-refractivity contribution in [1.29, 1.82) is 0 Å². The minimum absolute atomic E-state index is 0.0640. The SMILES string of the molecule is Cc1cccc(N2CCN(CC(=O)NC(c3ccc4c(c3)OCCCO4)C(C)C)CC2)c1C. The molecule has 0 bridgehead atoms. The molecule has 0 saturated carbocycles. The quantitative estimate of drug-likeness (QED) is 0.717. The van der Waals surface area contributed by atoms with Crippen molar-refractivity contribution in [3.63, 3.8) is 0 Å². The third-order valence-corrected chi connectivity index (χ3v) is 6.77. The molecule has 2 heterocycles. The molecule has 2 aromatic rings. The van der Waals surface area contributed by atoms with Crippen molar-refractivity contribution in [3.8, 4) is 11.5 Å². The molecule has 2 aliphatic heterocycles. The molecule has 2 aliphatic rings. The Hall–Kier alpha value is -2.73. The van der Waals surface area contributed by atoms with Crippen molar-refractivity contribution in [2.24, 2.45) is 5.92 Å². The summed E-state index contributed by atoms with van der Waals surface area (Å²) < 4.78 is 11.6. The Morgan fingerprint density at radius 3 is 2.45 bits per heavy atom. The Bertz CT molecular complexity index is 967. The van der Waals surface area contributed by atoms with Gasteiger partial charge in [0.25, 0.3) is 0 Å². The summed E-state index contributed by atoms with van der Waals surface area (Å²) in [6.07, 6.45) is 0.880. The minimum Gasteiger partial charge on any atom is -0.490 e. The fourth-order valence-electron chi connectivity index (χ4n) is 4.66. The van der Waals surface area contributed by atoms with Crippen LogP contribution in [0.2, 0.25) is 0 Å². The van der Waals surface area contributed by atoms with Gasteiger partial charge in [0.1, 0.15) is 0 Å². The van der Waals surface area contributed by atoms with Crippen molar-refractivity contribution in [3.05, 3.63) is 53.1 Å². The predicted octanol–water partition coefficient (Wildman–Crippen LogP) is 4.10. The van der Waals surface area contributed by atoms with E-state index in [1.165, 1.54) is 16.8 Å². The zero-order valence-electron chi connectivity index (χ0n) is 20.4. The number of hydrogen-bond acceptors (Lipinski definition) is 5. The number of ether oxygens (including phenoxy) is 2. The standard InChI is InChI=1S/C27H37N3O3/c1-19(2)27(22-9-10-24-25(17-22)33-16-6-15-32-24)28-26(31)18-29-11-13-30(14-12-29)23-8-5-7-20(3)21(23)4/h5,7-10,17,19,27H,6,11-16,18H2,1-4H3,(H,28,31). The van der Waals surface area contributed by atoms with E-state index in [9.17, 15) is 4.79 Å². The molecular formula is C27H37N3O3. The zero-order valence-corrected chi connectivity index (χ0v) is 20.4. The number of rotatable bonds is 6. The minimum atomic E-state index is -0.0640. The maximum atomic E-state index is 13.0. The Morgan fingerprint density at radius 1 is 1.00 bits per heavy atom. The molecule has 1 fully saturated rings. The number of anilines is 1. The highest BCUT2D eigenvalue weighted by atomic mass is 16.5. The van der Waals surface area contributed by atoms with E-state index in [4.69, 9.17) is 9.47 Å². The monoisotopic (exact) mass is 451 g/mol. The van der Waals surface area contributed by atoms with E-state index < -0.39 is 0 Å². The van der Waals surface area contributed by atoms with Gasteiger partial charge < -0.3 is 19.7 Å². The molecule has 6 nitrogen and oxygen atoms in total. The van der Waals surface area contributed by atoms with Crippen LogP contribution >= 0.6 is 0 Å². The van der Waals surface area contributed by atoms with Gasteiger partial charge in [-0.15, -0.1) is 0 Å². The first-order valence-corrected chi connectivity index (χ1v) is 12.1. The van der Waals surface area contributed by atoms with Crippen LogP contribution in [-0.4, -0.2) is 56.7 Å². The maximum Gasteiger partial charge on any atom is 0.234 e. The molecule has 0 aromatic heterocycles. The average molecular weight is 452 g/mol. The van der Waals surface area contributed by atoms with E-state index in [0.29, 0.717) is 19.8 Å². The van der Waals surface area contributed by atoms with Crippen LogP contribution in [0.25, 0.3) is 0 Å². The summed E-state index contributed by atoms with van der Waals surface area (Å²) in [5.41, 5.74) is 5.04. The van der Waals surface area contributed by atoms with Gasteiger partial charge in [-0.1, -0.05) is 32.0 Å². The number of nitrogens with zero attached hydrogens (tertiary/aromatic N) is 2. The summed E-state index contributed by atoms with van der Waals surface area (Å²) in [6, 6.07) is 12.5. The van der Waals surface area contributed by atoms with Gasteiger partial charge in [-0.05, 0) is 54.7 Å². The van der Waals surface area contributed by atoms with Crippen LogP contribution in [0.15, 0.2) is 36.4 Å². The average Bonchev–Trinajstić information content (AvgIpc) is 3.05. The number of aryl methyl sites for hydroxylation is 1. The van der Waals surface area contributed by atoms with E-state index in [0.717, 1.165) is 49.7 Å². The van der Waals surface area contributed by atoms with Crippen molar-refractivity contribution in [2.75, 3.05) is 50.8 Å². The lowest BCUT2D eigenvalue weighted by atomic mass is 9.95. The lowest BCUT2D eigenvalue weighted by molar-refractivity contribution is -0.123. The number of carbonyl (C=O) groups excluding carboxylic acids is 1. The number of carbonyl (C=O) groups is 1. The fraction of sp³-hybridized carbons (Fsp3) is 0.519. The van der Waals surface area contributed by atoms with Crippen molar-refractivity contribution in [2.45, 2.75) is 40.2 Å². The largest absolute Gasteiger partial charge is 0.490 e. The molecule has 0 spiro atoms. The Balaban J connectivity index is 1.35. The van der Waals surface area contributed by atoms with Gasteiger partial charge >= 0.3 is 0 Å². The molecule has 1 amide bonds. The third kappa shape index (κ3) is 5.61. The third-order valence-electron chi connectivity index (χ3n) is 6.77. The Kier molecular flexibility index (Phi) is 7.43. The van der Waals surface area contributed by atoms with Gasteiger partial charge in [-0.3, -0.25) is 9.69 Å². The molecule has 0 aliphatic carbocycles. The van der Waals surface area contributed by atoms with E-state index in [-0.39, 0.29) is 17.9 Å². The van der Waals surface area contributed by atoms with E-state index >= 15 is 0 Å². The molecule has 0 radical (unpaired) electrons. The smallest absolute Gasteiger partial charge is 0.234 e. The molecule has 1 N–H and O–H groups in total. The topological polar surface area (TPSA) is 54.0 Å². The van der Waals surface area contributed by atoms with Crippen molar-refractivity contribution in [1.82, 2.24) is 10.2 Å². The molecule has 33 heavy (non-hydrogen) atoms. The number of hydrogen-bond donors (Lipinski definition) is 1. The van der Waals surface area contributed by atoms with Crippen LogP contribution in [0.4, 0.5) is 5.69 Å². The fourth-order valence-corrected chi connectivity index (χ4v) is 4.66. The lowest BCUT2D eigenvalue weighted by Crippen LogP contribution is -2.50. The van der Waals surface area contributed by atoms with Crippen LogP contribution < -0.4 is 19.7 Å². The second kappa shape index (κ2) is 10.5. The molecule has 1 atom stereocenters. The van der Waals surface area contributed by atoms with Gasteiger partial charge in [-0.2, -0.15) is 0 Å². The molecule has 1 unspecified atom stereocenters. The van der Waals surface area contributed by atoms with E-state index in [2.05, 4.69) is 61.0 Å². The summed E-state index contributed by atoms with van der Waals surface area (Å²) in [7, 11) is 0. The summed E-state index contributed by atoms with van der Waals surface area (Å²) in [4.78, 5) is 17.7. The predicted molar refractivity (Wildman–Crippen MR) is 132 cm³/mol. The van der Waals surface area contributed by atoms with Crippen LogP contribution in [0.1, 0.15) is 43.0 Å². The Morgan fingerprint density at radius 2 is 1.73 bits per heavy atom. The lowest BCUT2D eigenvalue weighted by Gasteiger charge is -2.37. The maximum absolute atomic E-state index is 13.0. The summed E-state index contributed by atoms with van der Waals surface area (Å²) in [5.74, 6) is 1.89. The summed E-state index contributed by atoms with van der Waals surface area (Å²) >= 11 is 0. The molecule has 1 saturated heterocycles. The normalized spacial score (nSPS) is 17.5. The highest BCUT2D eigenvalue weighted by Crippen LogP contribution is 2.34. The van der Waals surface area contributed by atoms with Crippen LogP contribution in [0, 0.1) is 19.8 Å². The van der Waals surface area contributed by atoms with Crippen LogP contribution in [0.3, 0.4) is 0 Å². The highest BCUT2D eigenvalue weighted by molar-refractivity contribution is 5.78. The molecule has 178 valence electrons. The van der Waals surface area contributed by atoms with Gasteiger partial charge in [0.15, 0.2) is 11.5 Å². The van der Waals surface area contributed by atoms with Gasteiger partial charge in [-0.25, -0.2) is 0 Å². The second-order valence-electron chi connectivity index (χ2n) is 9.53. The molecule has 4 rings (SSSR count). The number of amides is 1. The van der Waals surface area contributed by atoms with Gasteiger partial charge in [0.05, 0.1) is 25.8 Å². The Labute approximate surface area is 197 Å². The van der Waals surface area contributed by atoms with Crippen LogP contribution in [0.5, 0.6) is 11.5 Å². The van der Waals surface area contributed by atoms with Crippen LogP contribution in [-0.2, 0) is 4.79 Å². The zero-order chi connectivity index (χ0) is 23.4. The molecular weight excluding hydrogens is 414 g/mol. The van der Waals surface area contributed by atoms with Gasteiger partial charge in [0.2, 0.25) is 5.91 Å². The highest BCUT2D eigenvalue weighted by Gasteiger charge is 2.24. The molecule has 6 heteroatoms. The van der Waals surface area contributed by atoms with E-state index in [1.54, 1.807) is 0 Å². The number of nitrogens with one attached hydrogen (secondary N) is 1. The van der Waals surface area contributed by atoms with Crippen molar-refractivity contribution < 1.29 is 14.3 Å². The number of fused-ring (bicyclic) bond motifs is 1. The first kappa shape index (κ1) is 23.4. The first-order chi connectivity index (χ1) is 15.9. The summed E-state index contributed by atoms with van der Waals surface area (Å²) in [5, 5.41) is 3.27. The summed E-state index contributed by atoms with van der Waals surface area (Å²) in [6.45, 7) is 14.0. The van der Waals surface area contributed by atoms with E-state index in [1.807, 2.05) is 18.2 Å². The molecule has 2 aromatic carbocycles. The number of piperazine rings is 1.